The third-order valence-electron chi connectivity index (χ3n) is 2.26. The zero-order valence-electron chi connectivity index (χ0n) is 8.37. The van der Waals surface area contributed by atoms with Crippen molar-refractivity contribution in [3.8, 4) is 5.75 Å². The van der Waals surface area contributed by atoms with Gasteiger partial charge in [-0.25, -0.2) is 0 Å². The lowest BCUT2D eigenvalue weighted by Gasteiger charge is -2.11. The van der Waals surface area contributed by atoms with Crippen LogP contribution in [0.25, 0.3) is 0 Å². The van der Waals surface area contributed by atoms with Gasteiger partial charge >= 0.3 is 0 Å². The standard InChI is InChI=1S/C11H14NO2/c1-7-3-10(14)4-8(2)11(7)5-9(12)6-13/h3-4,9,14H,5,12H2,1-2H3/t9-/m0/s1. The van der Waals surface area contributed by atoms with Crippen LogP contribution < -0.4 is 5.73 Å². The molecule has 0 heterocycles. The van der Waals surface area contributed by atoms with E-state index in [0.717, 1.165) is 16.7 Å². The third-order valence-corrected chi connectivity index (χ3v) is 2.26. The first-order valence-corrected chi connectivity index (χ1v) is 4.47. The zero-order chi connectivity index (χ0) is 10.7. The van der Waals surface area contributed by atoms with Crippen LogP contribution in [0.1, 0.15) is 16.7 Å². The van der Waals surface area contributed by atoms with Crippen LogP contribution in [0.15, 0.2) is 12.1 Å². The van der Waals surface area contributed by atoms with E-state index in [4.69, 9.17) is 5.73 Å². The number of benzene rings is 1. The van der Waals surface area contributed by atoms with Crippen LogP contribution in [0, 0.1) is 13.8 Å². The van der Waals surface area contributed by atoms with E-state index < -0.39 is 6.04 Å². The minimum Gasteiger partial charge on any atom is -0.508 e. The summed E-state index contributed by atoms with van der Waals surface area (Å²) in [6, 6.07) is 2.75. The molecule has 0 amide bonds. The van der Waals surface area contributed by atoms with E-state index in [1.165, 1.54) is 0 Å². The Hall–Kier alpha value is -1.35. The SMILES string of the molecule is Cc1cc(O)cc(C)c1C[C@H](N)[C]=O. The Morgan fingerprint density at radius 2 is 1.93 bits per heavy atom. The fraction of sp³-hybridized carbons (Fsp3) is 0.364. The molecule has 1 rings (SSSR count). The normalized spacial score (nSPS) is 12.5. The molecule has 0 saturated heterocycles. The van der Waals surface area contributed by atoms with Gasteiger partial charge in [-0.15, -0.1) is 0 Å². The van der Waals surface area contributed by atoms with Crippen LogP contribution in [-0.4, -0.2) is 17.4 Å². The Morgan fingerprint density at radius 1 is 1.43 bits per heavy atom. The second kappa shape index (κ2) is 4.24. The van der Waals surface area contributed by atoms with Crippen molar-refractivity contribution in [3.63, 3.8) is 0 Å². The van der Waals surface area contributed by atoms with Crippen molar-refractivity contribution >= 4 is 6.29 Å². The summed E-state index contributed by atoms with van der Waals surface area (Å²) >= 11 is 0. The van der Waals surface area contributed by atoms with E-state index in [-0.39, 0.29) is 5.75 Å². The van der Waals surface area contributed by atoms with Gasteiger partial charge in [0.15, 0.2) is 0 Å². The molecule has 3 N–H and O–H groups in total. The Balaban J connectivity index is 3.02. The maximum absolute atomic E-state index is 10.3. The van der Waals surface area contributed by atoms with Crippen LogP contribution in [0.5, 0.6) is 5.75 Å². The number of hydrogen-bond donors (Lipinski definition) is 2. The first-order valence-electron chi connectivity index (χ1n) is 4.47. The first-order chi connectivity index (χ1) is 6.54. The van der Waals surface area contributed by atoms with Gasteiger partial charge in [0.05, 0.1) is 6.04 Å². The van der Waals surface area contributed by atoms with E-state index in [9.17, 15) is 9.90 Å². The van der Waals surface area contributed by atoms with Crippen molar-refractivity contribution in [2.45, 2.75) is 26.3 Å². The van der Waals surface area contributed by atoms with Crippen LogP contribution in [0.2, 0.25) is 0 Å². The van der Waals surface area contributed by atoms with Gasteiger partial charge in [0.25, 0.3) is 0 Å². The van der Waals surface area contributed by atoms with E-state index in [1.54, 1.807) is 18.4 Å². The molecule has 0 unspecified atom stereocenters. The second-order valence-corrected chi connectivity index (χ2v) is 3.49. The largest absolute Gasteiger partial charge is 0.508 e. The number of rotatable bonds is 3. The van der Waals surface area contributed by atoms with Crippen LogP contribution >= 0.6 is 0 Å². The molecule has 1 radical (unpaired) electrons. The molecule has 0 fully saturated rings. The van der Waals surface area contributed by atoms with E-state index in [1.807, 2.05) is 13.8 Å². The smallest absolute Gasteiger partial charge is 0.217 e. The predicted octanol–water partition coefficient (Wildman–Crippen LogP) is 0.989. The molecule has 0 aliphatic rings. The molecule has 1 aromatic rings. The number of phenols is 1. The molecule has 0 bridgehead atoms. The molecule has 14 heavy (non-hydrogen) atoms. The van der Waals surface area contributed by atoms with Crippen molar-refractivity contribution in [3.05, 3.63) is 28.8 Å². The first kappa shape index (κ1) is 10.7. The highest BCUT2D eigenvalue weighted by molar-refractivity contribution is 5.59. The van der Waals surface area contributed by atoms with Crippen LogP contribution in [0.3, 0.4) is 0 Å². The third kappa shape index (κ3) is 2.33. The van der Waals surface area contributed by atoms with Gasteiger partial charge in [-0.1, -0.05) is 0 Å². The summed E-state index contributed by atoms with van der Waals surface area (Å²) < 4.78 is 0. The molecule has 0 saturated carbocycles. The maximum atomic E-state index is 10.3. The predicted molar refractivity (Wildman–Crippen MR) is 55.0 cm³/mol. The van der Waals surface area contributed by atoms with Gasteiger partial charge in [0, 0.05) is 0 Å². The van der Waals surface area contributed by atoms with Crippen LogP contribution in [-0.2, 0) is 11.2 Å². The number of aromatic hydroxyl groups is 1. The minimum atomic E-state index is -0.586. The van der Waals surface area contributed by atoms with Gasteiger partial charge in [-0.3, -0.25) is 4.79 Å². The summed E-state index contributed by atoms with van der Waals surface area (Å²) in [5, 5.41) is 9.30. The maximum Gasteiger partial charge on any atom is 0.217 e. The lowest BCUT2D eigenvalue weighted by molar-refractivity contribution is 0.474. The summed E-state index contributed by atoms with van der Waals surface area (Å²) in [6.07, 6.45) is 2.22. The summed E-state index contributed by atoms with van der Waals surface area (Å²) in [5.74, 6) is 0.243. The van der Waals surface area contributed by atoms with E-state index in [2.05, 4.69) is 0 Å². The molecule has 1 atom stereocenters. The highest BCUT2D eigenvalue weighted by Crippen LogP contribution is 2.21. The summed E-state index contributed by atoms with van der Waals surface area (Å²) in [7, 11) is 0. The van der Waals surface area contributed by atoms with E-state index >= 15 is 0 Å². The fourth-order valence-corrected chi connectivity index (χ4v) is 1.55. The molecule has 3 heteroatoms. The zero-order valence-corrected chi connectivity index (χ0v) is 8.37. The molecule has 0 aliphatic carbocycles. The number of aryl methyl sites for hydroxylation is 2. The molecule has 3 nitrogen and oxygen atoms in total. The van der Waals surface area contributed by atoms with Crippen molar-refractivity contribution in [1.82, 2.24) is 0 Å². The van der Waals surface area contributed by atoms with Gasteiger partial charge in [-0.05, 0) is 49.1 Å². The van der Waals surface area contributed by atoms with Gasteiger partial charge in [0.2, 0.25) is 6.29 Å². The number of hydrogen-bond acceptors (Lipinski definition) is 3. The highest BCUT2D eigenvalue weighted by atomic mass is 16.3. The average molecular weight is 192 g/mol. The van der Waals surface area contributed by atoms with E-state index in [0.29, 0.717) is 6.42 Å². The van der Waals surface area contributed by atoms with Crippen molar-refractivity contribution in [2.75, 3.05) is 0 Å². The number of nitrogens with two attached hydrogens (primary N) is 1. The Bertz CT molecular complexity index is 324. The Kier molecular flexibility index (Phi) is 3.25. The molecular formula is C11H14NO2. The van der Waals surface area contributed by atoms with Gasteiger partial charge in [-0.2, -0.15) is 0 Å². The quantitative estimate of drug-likeness (QED) is 0.750. The topological polar surface area (TPSA) is 63.3 Å². The highest BCUT2D eigenvalue weighted by Gasteiger charge is 2.09. The molecule has 0 aromatic heterocycles. The average Bonchev–Trinajstić information content (AvgIpc) is 2.10. The summed E-state index contributed by atoms with van der Waals surface area (Å²) in [4.78, 5) is 10.3. The number of carbonyl (C=O) groups excluding carboxylic acids is 1. The van der Waals surface area contributed by atoms with Crippen molar-refractivity contribution in [2.24, 2.45) is 5.73 Å². The monoisotopic (exact) mass is 192 g/mol. The van der Waals surface area contributed by atoms with Gasteiger partial charge < -0.3 is 10.8 Å². The van der Waals surface area contributed by atoms with Crippen molar-refractivity contribution < 1.29 is 9.90 Å². The lowest BCUT2D eigenvalue weighted by atomic mass is 9.97. The summed E-state index contributed by atoms with van der Waals surface area (Å²) in [5.41, 5.74) is 8.41. The lowest BCUT2D eigenvalue weighted by Crippen LogP contribution is -2.24. The molecular weight excluding hydrogens is 178 g/mol. The van der Waals surface area contributed by atoms with Crippen LogP contribution in [0.4, 0.5) is 0 Å². The fourth-order valence-electron chi connectivity index (χ4n) is 1.55. The van der Waals surface area contributed by atoms with Crippen molar-refractivity contribution in [1.29, 1.82) is 0 Å². The minimum absolute atomic E-state index is 0.243. The Morgan fingerprint density at radius 3 is 2.36 bits per heavy atom. The molecule has 75 valence electrons. The summed E-state index contributed by atoms with van der Waals surface area (Å²) in [6.45, 7) is 3.78. The van der Waals surface area contributed by atoms with Gasteiger partial charge in [0.1, 0.15) is 5.75 Å². The molecule has 0 spiro atoms. The molecule has 0 aliphatic heterocycles. The molecule has 1 aromatic carbocycles. The Labute approximate surface area is 83.6 Å². The number of phenolic OH excluding ortho intramolecular Hbond substituents is 1. The second-order valence-electron chi connectivity index (χ2n) is 3.49.